The van der Waals surface area contributed by atoms with Gasteiger partial charge in [-0.2, -0.15) is 0 Å². The van der Waals surface area contributed by atoms with Gasteiger partial charge in [-0.05, 0) is 20.3 Å². The predicted octanol–water partition coefficient (Wildman–Crippen LogP) is 1.27. The molecule has 6 heteroatoms. The zero-order chi connectivity index (χ0) is 16.4. The molecule has 22 heavy (non-hydrogen) atoms. The molecule has 2 rings (SSSR count). The first kappa shape index (κ1) is 18.1. The van der Waals surface area contributed by atoms with E-state index in [2.05, 4.69) is 6.92 Å². The highest BCUT2D eigenvalue weighted by Gasteiger charge is 2.64. The fraction of sp³-hybridized carbons (Fsp3) is 1.00. The Morgan fingerprint density at radius 3 is 2.45 bits per heavy atom. The number of fused-ring (bicyclic) bond motifs is 1. The summed E-state index contributed by atoms with van der Waals surface area (Å²) < 4.78 is 18.0. The molecule has 0 aromatic rings. The molecule has 2 saturated heterocycles. The molecule has 0 saturated carbocycles. The van der Waals surface area contributed by atoms with E-state index in [9.17, 15) is 5.11 Å². The fourth-order valence-electron chi connectivity index (χ4n) is 3.50. The normalized spacial score (nSPS) is 38.2. The van der Waals surface area contributed by atoms with Gasteiger partial charge in [0.05, 0.1) is 12.6 Å². The number of unbranched alkanes of at least 4 members (excludes halogenated alkanes) is 4. The second-order valence-corrected chi connectivity index (χ2v) is 6.93. The van der Waals surface area contributed by atoms with Crippen molar-refractivity contribution in [1.29, 1.82) is 0 Å². The van der Waals surface area contributed by atoms with E-state index in [0.29, 0.717) is 6.42 Å². The van der Waals surface area contributed by atoms with Crippen LogP contribution in [0.4, 0.5) is 0 Å². The average molecular weight is 317 g/mol. The zero-order valence-corrected chi connectivity index (χ0v) is 14.0. The molecule has 0 unspecified atom stereocenters. The maximum atomic E-state index is 9.90. The number of hydrogen-bond donors (Lipinski definition) is 3. The molecule has 6 nitrogen and oxygen atoms in total. The molecular weight excluding hydrogens is 286 g/mol. The summed E-state index contributed by atoms with van der Waals surface area (Å²) in [7, 11) is 0. The van der Waals surface area contributed by atoms with Crippen molar-refractivity contribution in [3.8, 4) is 0 Å². The average Bonchev–Trinajstić information content (AvgIpc) is 2.87. The van der Waals surface area contributed by atoms with Gasteiger partial charge in [0.1, 0.15) is 18.3 Å². The van der Waals surface area contributed by atoms with Crippen LogP contribution in [-0.2, 0) is 14.2 Å². The first-order chi connectivity index (χ1) is 10.4. The van der Waals surface area contributed by atoms with E-state index in [1.807, 2.05) is 13.8 Å². The van der Waals surface area contributed by atoms with Gasteiger partial charge >= 0.3 is 0 Å². The van der Waals surface area contributed by atoms with Crippen molar-refractivity contribution in [3.05, 3.63) is 0 Å². The second-order valence-electron chi connectivity index (χ2n) is 6.93. The molecule has 130 valence electrons. The molecular formula is C16H31NO5. The van der Waals surface area contributed by atoms with Crippen LogP contribution in [0.5, 0.6) is 0 Å². The van der Waals surface area contributed by atoms with Crippen LogP contribution in [0.3, 0.4) is 0 Å². The fourth-order valence-corrected chi connectivity index (χ4v) is 3.50. The van der Waals surface area contributed by atoms with Gasteiger partial charge in [-0.25, -0.2) is 0 Å². The number of aliphatic hydroxyl groups is 2. The Balaban J connectivity index is 2.03. The first-order valence-corrected chi connectivity index (χ1v) is 8.45. The molecule has 2 aliphatic heterocycles. The van der Waals surface area contributed by atoms with Gasteiger partial charge in [0, 0.05) is 6.42 Å². The largest absolute Gasteiger partial charge is 0.394 e. The van der Waals surface area contributed by atoms with Crippen LogP contribution < -0.4 is 5.73 Å². The van der Waals surface area contributed by atoms with E-state index in [4.69, 9.17) is 25.1 Å². The van der Waals surface area contributed by atoms with E-state index in [1.165, 1.54) is 19.3 Å². The van der Waals surface area contributed by atoms with Gasteiger partial charge < -0.3 is 30.2 Å². The maximum Gasteiger partial charge on any atom is 0.200 e. The molecule has 2 aliphatic rings. The lowest BCUT2D eigenvalue weighted by Gasteiger charge is -2.30. The third-order valence-corrected chi connectivity index (χ3v) is 4.52. The molecule has 0 bridgehead atoms. The van der Waals surface area contributed by atoms with E-state index >= 15 is 0 Å². The van der Waals surface area contributed by atoms with Gasteiger partial charge in [0.2, 0.25) is 0 Å². The van der Waals surface area contributed by atoms with Crippen molar-refractivity contribution in [3.63, 3.8) is 0 Å². The van der Waals surface area contributed by atoms with Crippen molar-refractivity contribution < 1.29 is 24.4 Å². The van der Waals surface area contributed by atoms with E-state index < -0.39 is 35.9 Å². The van der Waals surface area contributed by atoms with Crippen LogP contribution in [0.25, 0.3) is 0 Å². The molecule has 0 aromatic carbocycles. The lowest BCUT2D eigenvalue weighted by atomic mass is 9.96. The van der Waals surface area contributed by atoms with Crippen LogP contribution >= 0.6 is 0 Å². The quantitative estimate of drug-likeness (QED) is 0.584. The minimum Gasteiger partial charge on any atom is -0.394 e. The van der Waals surface area contributed by atoms with E-state index in [0.717, 1.165) is 12.8 Å². The minimum atomic E-state index is -1.02. The van der Waals surface area contributed by atoms with Crippen LogP contribution in [-0.4, -0.2) is 52.7 Å². The Hall–Kier alpha value is -0.240. The van der Waals surface area contributed by atoms with E-state index in [1.54, 1.807) is 0 Å². The Morgan fingerprint density at radius 1 is 1.14 bits per heavy atom. The topological polar surface area (TPSA) is 94.2 Å². The maximum absolute atomic E-state index is 9.90. The molecule has 5 atom stereocenters. The zero-order valence-electron chi connectivity index (χ0n) is 14.0. The van der Waals surface area contributed by atoms with Gasteiger partial charge in [0.25, 0.3) is 0 Å². The van der Waals surface area contributed by atoms with Gasteiger partial charge in [0.15, 0.2) is 11.6 Å². The van der Waals surface area contributed by atoms with E-state index in [-0.39, 0.29) is 6.61 Å². The summed E-state index contributed by atoms with van der Waals surface area (Å²) in [6.07, 6.45) is 4.28. The summed E-state index contributed by atoms with van der Waals surface area (Å²) in [6, 6.07) is -0.514. The summed E-state index contributed by atoms with van der Waals surface area (Å²) in [6.45, 7) is 5.49. The standard InChI is InChI=1S/C16H31NO5/c1-4-5-6-7-8-9-16-14(21-15(2,3)22-16)12(17)13(20-16)11(19)10-18/h11-14,18-19H,4-10,17H2,1-3H3/t11-,12+,13-,14-,16-/m1/s1. The minimum absolute atomic E-state index is 0.388. The van der Waals surface area contributed by atoms with Crippen LogP contribution in [0, 0.1) is 0 Å². The highest BCUT2D eigenvalue weighted by atomic mass is 16.9. The molecule has 2 heterocycles. The summed E-state index contributed by atoms with van der Waals surface area (Å²) in [5.41, 5.74) is 6.20. The highest BCUT2D eigenvalue weighted by Crippen LogP contribution is 2.48. The molecule has 0 radical (unpaired) electrons. The Bertz CT molecular complexity index is 364. The lowest BCUT2D eigenvalue weighted by Crippen LogP contribution is -2.48. The first-order valence-electron chi connectivity index (χ1n) is 8.45. The number of hydrogen-bond acceptors (Lipinski definition) is 6. The smallest absolute Gasteiger partial charge is 0.200 e. The third kappa shape index (κ3) is 3.63. The van der Waals surface area contributed by atoms with Crippen LogP contribution in [0.1, 0.15) is 59.3 Å². The second kappa shape index (κ2) is 7.11. The van der Waals surface area contributed by atoms with Gasteiger partial charge in [-0.3, -0.25) is 0 Å². The molecule has 0 amide bonds. The molecule has 2 fully saturated rings. The highest BCUT2D eigenvalue weighted by molar-refractivity contribution is 5.06. The van der Waals surface area contributed by atoms with Crippen molar-refractivity contribution >= 4 is 0 Å². The molecule has 4 N–H and O–H groups in total. The van der Waals surface area contributed by atoms with Crippen molar-refractivity contribution in [2.24, 2.45) is 5.73 Å². The van der Waals surface area contributed by atoms with Gasteiger partial charge in [-0.1, -0.05) is 32.6 Å². The number of aliphatic hydroxyl groups excluding tert-OH is 2. The van der Waals surface area contributed by atoms with Crippen LogP contribution in [0.15, 0.2) is 0 Å². The Labute approximate surface area is 132 Å². The molecule has 0 spiro atoms. The Kier molecular flexibility index (Phi) is 5.85. The monoisotopic (exact) mass is 317 g/mol. The third-order valence-electron chi connectivity index (χ3n) is 4.52. The summed E-state index contributed by atoms with van der Waals surface area (Å²) in [5, 5.41) is 19.1. The summed E-state index contributed by atoms with van der Waals surface area (Å²) >= 11 is 0. The number of nitrogens with two attached hydrogens (primary N) is 1. The van der Waals surface area contributed by atoms with Crippen molar-refractivity contribution in [2.45, 2.75) is 95.2 Å². The lowest BCUT2D eigenvalue weighted by molar-refractivity contribution is -0.272. The number of rotatable bonds is 8. The van der Waals surface area contributed by atoms with Crippen molar-refractivity contribution in [2.75, 3.05) is 6.61 Å². The predicted molar refractivity (Wildman–Crippen MR) is 82.1 cm³/mol. The SMILES string of the molecule is CCCCCCC[C@]12O[C@H]([C@H](O)CO)[C@H](N)[C@H]1OC(C)(C)O2. The molecule has 0 aromatic heterocycles. The summed E-state index contributed by atoms with van der Waals surface area (Å²) in [4.78, 5) is 0. The molecule has 0 aliphatic carbocycles. The van der Waals surface area contributed by atoms with Gasteiger partial charge in [-0.15, -0.1) is 0 Å². The summed E-state index contributed by atoms with van der Waals surface area (Å²) in [5.74, 6) is -1.66. The number of ether oxygens (including phenoxy) is 3. The van der Waals surface area contributed by atoms with Crippen molar-refractivity contribution in [1.82, 2.24) is 0 Å². The van der Waals surface area contributed by atoms with Crippen LogP contribution in [0.2, 0.25) is 0 Å². The Morgan fingerprint density at radius 2 is 1.82 bits per heavy atom.